The Kier molecular flexibility index (Phi) is 5.59. The Balaban J connectivity index is 1.19. The minimum Gasteiger partial charge on any atom is -0.489 e. The number of benzene rings is 3. The third kappa shape index (κ3) is 3.89. The summed E-state index contributed by atoms with van der Waals surface area (Å²) in [6.07, 6.45) is 5.66. The summed E-state index contributed by atoms with van der Waals surface area (Å²) in [5.74, 6) is 0.745. The van der Waals surface area contributed by atoms with Gasteiger partial charge >= 0.3 is 0 Å². The lowest BCUT2D eigenvalue weighted by atomic mass is 9.94. The van der Waals surface area contributed by atoms with Crippen LogP contribution in [0.1, 0.15) is 41.6 Å². The van der Waals surface area contributed by atoms with Gasteiger partial charge in [-0.15, -0.1) is 0 Å². The van der Waals surface area contributed by atoms with E-state index in [0.717, 1.165) is 47.4 Å². The molecule has 2 saturated heterocycles. The van der Waals surface area contributed by atoms with Crippen LogP contribution in [0.15, 0.2) is 66.7 Å². The molecule has 0 spiro atoms. The first-order valence-corrected chi connectivity index (χ1v) is 12.6. The van der Waals surface area contributed by atoms with Gasteiger partial charge in [-0.1, -0.05) is 54.1 Å². The van der Waals surface area contributed by atoms with Gasteiger partial charge in [-0.3, -0.25) is 4.79 Å². The second-order valence-corrected chi connectivity index (χ2v) is 10.2. The normalized spacial score (nSPS) is 24.2. The summed E-state index contributed by atoms with van der Waals surface area (Å²) in [7, 11) is 2.23. The van der Waals surface area contributed by atoms with Crippen LogP contribution in [0.2, 0.25) is 5.02 Å². The second-order valence-electron chi connectivity index (χ2n) is 9.82. The number of anilines is 1. The van der Waals surface area contributed by atoms with Crippen LogP contribution >= 0.6 is 11.6 Å². The van der Waals surface area contributed by atoms with Gasteiger partial charge in [0.2, 0.25) is 0 Å². The van der Waals surface area contributed by atoms with Crippen LogP contribution in [0.25, 0.3) is 11.1 Å². The Bertz CT molecular complexity index is 1210. The molecule has 5 heteroatoms. The molecule has 0 N–H and O–H groups in total. The van der Waals surface area contributed by atoms with E-state index in [2.05, 4.69) is 30.1 Å². The highest BCUT2D eigenvalue weighted by atomic mass is 35.5. The van der Waals surface area contributed by atoms with E-state index in [1.165, 1.54) is 18.4 Å². The fourth-order valence-corrected chi connectivity index (χ4v) is 6.15. The Morgan fingerprint density at radius 3 is 2.41 bits per heavy atom. The van der Waals surface area contributed by atoms with E-state index in [1.54, 1.807) is 0 Å². The first kappa shape index (κ1) is 21.7. The third-order valence-corrected chi connectivity index (χ3v) is 8.16. The van der Waals surface area contributed by atoms with Gasteiger partial charge in [-0.25, -0.2) is 0 Å². The van der Waals surface area contributed by atoms with E-state index in [4.69, 9.17) is 16.3 Å². The first-order valence-electron chi connectivity index (χ1n) is 12.2. The lowest BCUT2D eigenvalue weighted by molar-refractivity contribution is 0.0662. The lowest BCUT2D eigenvalue weighted by Gasteiger charge is -2.36. The average Bonchev–Trinajstić information content (AvgIpc) is 3.06. The van der Waals surface area contributed by atoms with Crippen molar-refractivity contribution in [2.24, 2.45) is 0 Å². The maximum Gasteiger partial charge on any atom is 0.258 e. The van der Waals surface area contributed by atoms with E-state index >= 15 is 0 Å². The maximum atomic E-state index is 13.3. The van der Waals surface area contributed by atoms with Crippen molar-refractivity contribution in [2.45, 2.75) is 50.3 Å². The molecular weight excluding hydrogens is 444 g/mol. The lowest BCUT2D eigenvalue weighted by Crippen LogP contribution is -2.43. The molecule has 1 amide bonds. The molecule has 174 valence electrons. The van der Waals surface area contributed by atoms with Gasteiger partial charge in [-0.2, -0.15) is 0 Å². The van der Waals surface area contributed by atoms with Crippen molar-refractivity contribution in [1.29, 1.82) is 0 Å². The highest BCUT2D eigenvalue weighted by molar-refractivity contribution is 6.32. The summed E-state index contributed by atoms with van der Waals surface area (Å²) in [6.45, 7) is 0.638. The number of rotatable bonds is 4. The van der Waals surface area contributed by atoms with Gasteiger partial charge in [0.1, 0.15) is 11.9 Å². The van der Waals surface area contributed by atoms with Crippen molar-refractivity contribution in [3.05, 3.63) is 82.9 Å². The van der Waals surface area contributed by atoms with E-state index in [0.29, 0.717) is 23.7 Å². The number of piperidine rings is 1. The Morgan fingerprint density at radius 2 is 1.68 bits per heavy atom. The number of hydrogen-bond donors (Lipinski definition) is 0. The molecule has 3 aliphatic heterocycles. The van der Waals surface area contributed by atoms with E-state index in [9.17, 15) is 4.79 Å². The Morgan fingerprint density at radius 1 is 0.912 bits per heavy atom. The van der Waals surface area contributed by atoms with Crippen molar-refractivity contribution >= 4 is 23.2 Å². The minimum atomic E-state index is 0.0255. The van der Waals surface area contributed by atoms with Crippen LogP contribution in [0.4, 0.5) is 5.69 Å². The monoisotopic (exact) mass is 472 g/mol. The van der Waals surface area contributed by atoms with Gasteiger partial charge < -0.3 is 14.5 Å². The van der Waals surface area contributed by atoms with Gasteiger partial charge in [0, 0.05) is 29.9 Å². The fourth-order valence-electron chi connectivity index (χ4n) is 5.94. The van der Waals surface area contributed by atoms with Gasteiger partial charge in [-0.05, 0) is 80.1 Å². The molecule has 0 aliphatic carbocycles. The number of halogens is 1. The zero-order valence-corrected chi connectivity index (χ0v) is 20.2. The van der Waals surface area contributed by atoms with Crippen molar-refractivity contribution in [1.82, 2.24) is 4.90 Å². The van der Waals surface area contributed by atoms with Crippen molar-refractivity contribution in [3.63, 3.8) is 0 Å². The molecule has 3 atom stereocenters. The highest BCUT2D eigenvalue weighted by Gasteiger charge is 2.39. The first-order chi connectivity index (χ1) is 16.6. The molecule has 0 saturated carbocycles. The number of carbonyl (C=O) groups excluding carboxylic acids is 1. The van der Waals surface area contributed by atoms with Crippen LogP contribution in [0.5, 0.6) is 5.75 Å². The fraction of sp³-hybridized carbons (Fsp3) is 0.345. The average molecular weight is 473 g/mol. The highest BCUT2D eigenvalue weighted by Crippen LogP contribution is 2.38. The minimum absolute atomic E-state index is 0.0255. The molecule has 34 heavy (non-hydrogen) atoms. The summed E-state index contributed by atoms with van der Waals surface area (Å²) in [5.41, 5.74) is 5.01. The summed E-state index contributed by atoms with van der Waals surface area (Å²) in [6, 6.07) is 23.4. The van der Waals surface area contributed by atoms with E-state index < -0.39 is 0 Å². The quantitative estimate of drug-likeness (QED) is 0.452. The van der Waals surface area contributed by atoms with E-state index in [1.807, 2.05) is 53.4 Å². The van der Waals surface area contributed by atoms with Crippen LogP contribution in [-0.4, -0.2) is 42.6 Å². The van der Waals surface area contributed by atoms with Crippen LogP contribution < -0.4 is 9.64 Å². The van der Waals surface area contributed by atoms with Gasteiger partial charge in [0.25, 0.3) is 5.91 Å². The largest absolute Gasteiger partial charge is 0.489 e. The molecular formula is C29H29ClN2O2. The van der Waals surface area contributed by atoms with Gasteiger partial charge in [0.05, 0.1) is 5.02 Å². The third-order valence-electron chi connectivity index (χ3n) is 7.87. The van der Waals surface area contributed by atoms with E-state index in [-0.39, 0.29) is 12.0 Å². The van der Waals surface area contributed by atoms with Gasteiger partial charge in [0.15, 0.2) is 0 Å². The molecule has 0 unspecified atom stereocenters. The Hall–Kier alpha value is -2.82. The number of amides is 1. The molecule has 6 rings (SSSR count). The molecule has 3 aliphatic rings. The molecule has 0 radical (unpaired) electrons. The zero-order chi connectivity index (χ0) is 23.2. The number of fused-ring (bicyclic) bond motifs is 3. The second kappa shape index (κ2) is 8.75. The van der Waals surface area contributed by atoms with Crippen molar-refractivity contribution in [2.75, 3.05) is 18.5 Å². The molecule has 3 aromatic rings. The molecule has 2 fully saturated rings. The predicted octanol–water partition coefficient (Wildman–Crippen LogP) is 6.21. The number of nitrogens with zero attached hydrogens (tertiary/aromatic N) is 2. The Labute approximate surface area is 206 Å². The summed E-state index contributed by atoms with van der Waals surface area (Å²) in [5, 5.41) is 0.571. The standard InChI is InChI=1S/C29H29ClN2O2/c1-31-22-8-9-23(31)17-25(16-22)34-28-12-10-24(18-27(28)30)32-14-13-21-15-20(7-11-26(21)29(32)33)19-5-3-2-4-6-19/h2-7,10-12,15,18,22-23,25H,8-9,13-14,16-17H2,1H3/t22-,23+,25+. The summed E-state index contributed by atoms with van der Waals surface area (Å²) < 4.78 is 6.33. The number of hydrogen-bond acceptors (Lipinski definition) is 3. The maximum absolute atomic E-state index is 13.3. The van der Waals surface area contributed by atoms with Crippen LogP contribution in [0, 0.1) is 0 Å². The van der Waals surface area contributed by atoms with Crippen molar-refractivity contribution in [3.8, 4) is 16.9 Å². The zero-order valence-electron chi connectivity index (χ0n) is 19.4. The predicted molar refractivity (Wildman–Crippen MR) is 137 cm³/mol. The number of ether oxygens (including phenoxy) is 1. The summed E-state index contributed by atoms with van der Waals surface area (Å²) in [4.78, 5) is 17.7. The molecule has 4 nitrogen and oxygen atoms in total. The number of carbonyl (C=O) groups is 1. The topological polar surface area (TPSA) is 32.8 Å². The smallest absolute Gasteiger partial charge is 0.258 e. The molecule has 2 bridgehead atoms. The molecule has 0 aromatic heterocycles. The van der Waals surface area contributed by atoms with Crippen LogP contribution in [0.3, 0.4) is 0 Å². The summed E-state index contributed by atoms with van der Waals surface area (Å²) >= 11 is 6.65. The molecule has 3 aromatic carbocycles. The molecule has 3 heterocycles. The van der Waals surface area contributed by atoms with Crippen LogP contribution in [-0.2, 0) is 6.42 Å². The van der Waals surface area contributed by atoms with Crippen molar-refractivity contribution < 1.29 is 9.53 Å². The SMILES string of the molecule is CN1[C@@H]2CC[C@H]1C[C@@H](Oc1ccc(N3CCc4cc(-c5ccccc5)ccc4C3=O)cc1Cl)C2.